The molecule has 9 heteroatoms. The molecule has 4 N–H and O–H groups in total. The number of hydrogen-bond acceptors (Lipinski definition) is 4. The highest BCUT2D eigenvalue weighted by Gasteiger charge is 2.40. The lowest BCUT2D eigenvalue weighted by atomic mass is 9.96. The first-order chi connectivity index (χ1) is 5.78. The lowest BCUT2D eigenvalue weighted by Crippen LogP contribution is -2.42. The molecule has 0 aliphatic carbocycles. The zero-order valence-electron chi connectivity index (χ0n) is 7.24. The summed E-state index contributed by atoms with van der Waals surface area (Å²) in [4.78, 5) is 30.5. The number of aliphatic hydroxyl groups is 1. The third-order valence-corrected chi connectivity index (χ3v) is 1.29. The Morgan fingerprint density at radius 3 is 1.33 bits per heavy atom. The fraction of sp³-hybridized carbons (Fsp3) is 0.500. The van der Waals surface area contributed by atoms with Crippen molar-refractivity contribution in [3.8, 4) is 0 Å². The van der Waals surface area contributed by atoms with Crippen molar-refractivity contribution in [2.45, 2.75) is 18.4 Å². The van der Waals surface area contributed by atoms with Crippen LogP contribution in [0, 0.1) is 0 Å². The summed E-state index contributed by atoms with van der Waals surface area (Å²) in [5.41, 5.74) is -2.74. The number of hydrogen-bond donors (Lipinski definition) is 4. The second kappa shape index (κ2) is 7.43. The first-order valence-corrected chi connectivity index (χ1v) is 3.17. The topological polar surface area (TPSA) is 132 Å². The standard InChI is InChI=1S/C6H8O7.BrH.ClH/c7-3(8)1-6(13,5(11)12)2-4(9)10;;/h13H,1-2H2,(H,7,8)(H,9,10)(H,11,12);2*1H. The molecule has 7 nitrogen and oxygen atoms in total. The average Bonchev–Trinajstić information content (AvgIpc) is 1.82. The average molecular weight is 309 g/mol. The van der Waals surface area contributed by atoms with Gasteiger partial charge in [-0.2, -0.15) is 0 Å². The predicted octanol–water partition coefficient (Wildman–Crippen LogP) is -0.249. The Balaban J connectivity index is -0.000000720. The van der Waals surface area contributed by atoms with E-state index in [0.717, 1.165) is 0 Å². The van der Waals surface area contributed by atoms with Gasteiger partial charge in [-0.15, -0.1) is 29.4 Å². The first kappa shape index (κ1) is 19.7. The minimum absolute atomic E-state index is 0. The van der Waals surface area contributed by atoms with Gasteiger partial charge in [-0.1, -0.05) is 0 Å². The van der Waals surface area contributed by atoms with Crippen molar-refractivity contribution < 1.29 is 34.8 Å². The molecule has 0 amide bonds. The molecule has 0 unspecified atom stereocenters. The van der Waals surface area contributed by atoms with Crippen LogP contribution < -0.4 is 0 Å². The Bertz CT molecular complexity index is 238. The molecule has 0 bridgehead atoms. The molecule has 0 atom stereocenters. The molecule has 90 valence electrons. The number of carbonyl (C=O) groups is 3. The van der Waals surface area contributed by atoms with E-state index in [9.17, 15) is 14.4 Å². The van der Waals surface area contributed by atoms with E-state index in [1.165, 1.54) is 0 Å². The van der Waals surface area contributed by atoms with Crippen molar-refractivity contribution in [2.75, 3.05) is 0 Å². The Morgan fingerprint density at radius 1 is 0.933 bits per heavy atom. The van der Waals surface area contributed by atoms with E-state index < -0.39 is 36.4 Å². The van der Waals surface area contributed by atoms with Crippen molar-refractivity contribution in [3.63, 3.8) is 0 Å². The molecule has 0 saturated heterocycles. The summed E-state index contributed by atoms with van der Waals surface area (Å²) < 4.78 is 0. The maximum Gasteiger partial charge on any atom is 0.336 e. The maximum atomic E-state index is 10.3. The van der Waals surface area contributed by atoms with Gasteiger partial charge in [-0.25, -0.2) is 4.79 Å². The molecule has 0 fully saturated rings. The Hall–Kier alpha value is -0.860. The van der Waals surface area contributed by atoms with Crippen LogP contribution >= 0.6 is 29.4 Å². The number of rotatable bonds is 5. The van der Waals surface area contributed by atoms with E-state index in [2.05, 4.69) is 0 Å². The molecule has 0 aromatic heterocycles. The lowest BCUT2D eigenvalue weighted by molar-refractivity contribution is -0.170. The van der Waals surface area contributed by atoms with Gasteiger partial charge in [0.15, 0.2) is 5.60 Å². The summed E-state index contributed by atoms with van der Waals surface area (Å²) in [7, 11) is 0. The van der Waals surface area contributed by atoms with Crippen LogP contribution in [0.5, 0.6) is 0 Å². The fourth-order valence-electron chi connectivity index (χ4n) is 0.714. The molecule has 0 aromatic carbocycles. The van der Waals surface area contributed by atoms with Gasteiger partial charge >= 0.3 is 17.9 Å². The Morgan fingerprint density at radius 2 is 1.20 bits per heavy atom. The molecule has 0 heterocycles. The largest absolute Gasteiger partial charge is 0.481 e. The van der Waals surface area contributed by atoms with Gasteiger partial charge in [0, 0.05) is 0 Å². The molecular weight excluding hydrogens is 299 g/mol. The van der Waals surface area contributed by atoms with Crippen LogP contribution in [0.2, 0.25) is 0 Å². The van der Waals surface area contributed by atoms with Crippen LogP contribution in [0.15, 0.2) is 0 Å². The number of carboxylic acids is 3. The molecule has 0 radical (unpaired) electrons. The fourth-order valence-corrected chi connectivity index (χ4v) is 0.714. The van der Waals surface area contributed by atoms with Crippen LogP contribution in [-0.4, -0.2) is 43.9 Å². The summed E-state index contributed by atoms with van der Waals surface area (Å²) >= 11 is 0. The van der Waals surface area contributed by atoms with E-state index >= 15 is 0 Å². The van der Waals surface area contributed by atoms with Gasteiger partial charge in [0.1, 0.15) is 0 Å². The number of carboxylic acid groups (broad SMARTS) is 3. The molecule has 0 aliphatic heterocycles. The van der Waals surface area contributed by atoms with Crippen LogP contribution in [-0.2, 0) is 14.4 Å². The first-order valence-electron chi connectivity index (χ1n) is 3.17. The van der Waals surface area contributed by atoms with E-state index in [-0.39, 0.29) is 29.4 Å². The molecule has 0 saturated carbocycles. The lowest BCUT2D eigenvalue weighted by Gasteiger charge is -2.18. The Labute approximate surface area is 101 Å². The number of aliphatic carboxylic acids is 3. The molecule has 0 aliphatic rings. The van der Waals surface area contributed by atoms with Gasteiger partial charge in [0.25, 0.3) is 0 Å². The van der Waals surface area contributed by atoms with Crippen molar-refractivity contribution in [2.24, 2.45) is 0 Å². The Kier molecular flexibility index (Phi) is 9.75. The number of halogens is 2. The van der Waals surface area contributed by atoms with Gasteiger partial charge < -0.3 is 20.4 Å². The van der Waals surface area contributed by atoms with E-state index in [1.54, 1.807) is 0 Å². The summed E-state index contributed by atoms with van der Waals surface area (Å²) in [6, 6.07) is 0. The molecule has 0 rings (SSSR count). The van der Waals surface area contributed by atoms with Crippen LogP contribution in [0.4, 0.5) is 0 Å². The summed E-state index contributed by atoms with van der Waals surface area (Å²) in [5, 5.41) is 33.8. The summed E-state index contributed by atoms with van der Waals surface area (Å²) in [5.74, 6) is -5.02. The summed E-state index contributed by atoms with van der Waals surface area (Å²) in [6.45, 7) is 0. The van der Waals surface area contributed by atoms with Gasteiger partial charge in [-0.05, 0) is 0 Å². The van der Waals surface area contributed by atoms with Crippen molar-refractivity contribution >= 4 is 47.3 Å². The smallest absolute Gasteiger partial charge is 0.336 e. The third-order valence-electron chi connectivity index (χ3n) is 1.29. The monoisotopic (exact) mass is 308 g/mol. The molecule has 0 spiro atoms. The highest BCUT2D eigenvalue weighted by Crippen LogP contribution is 2.15. The molecular formula is C6H10BrClO7. The minimum Gasteiger partial charge on any atom is -0.481 e. The van der Waals surface area contributed by atoms with Crippen molar-refractivity contribution in [3.05, 3.63) is 0 Å². The maximum absolute atomic E-state index is 10.3. The zero-order chi connectivity index (χ0) is 10.6. The van der Waals surface area contributed by atoms with Crippen LogP contribution in [0.1, 0.15) is 12.8 Å². The highest BCUT2D eigenvalue weighted by molar-refractivity contribution is 8.93. The van der Waals surface area contributed by atoms with Crippen molar-refractivity contribution in [1.29, 1.82) is 0 Å². The predicted molar refractivity (Wildman–Crippen MR) is 54.7 cm³/mol. The summed E-state index contributed by atoms with van der Waals surface area (Å²) in [6.07, 6.45) is -2.29. The van der Waals surface area contributed by atoms with Gasteiger partial charge in [0.2, 0.25) is 0 Å². The van der Waals surface area contributed by atoms with Crippen molar-refractivity contribution in [1.82, 2.24) is 0 Å². The minimum atomic E-state index is -2.74. The van der Waals surface area contributed by atoms with E-state index in [0.29, 0.717) is 0 Å². The molecule has 0 aromatic rings. The third kappa shape index (κ3) is 7.11. The second-order valence-electron chi connectivity index (χ2n) is 2.48. The van der Waals surface area contributed by atoms with Crippen LogP contribution in [0.3, 0.4) is 0 Å². The van der Waals surface area contributed by atoms with Crippen LogP contribution in [0.25, 0.3) is 0 Å². The highest BCUT2D eigenvalue weighted by atomic mass is 79.9. The SMILES string of the molecule is Br.Cl.O=C(O)CC(O)(CC(=O)O)C(=O)O. The zero-order valence-corrected chi connectivity index (χ0v) is 9.77. The second-order valence-corrected chi connectivity index (χ2v) is 2.48. The van der Waals surface area contributed by atoms with Gasteiger partial charge in [-0.3, -0.25) is 9.59 Å². The quantitative estimate of drug-likeness (QED) is 0.550. The normalized spacial score (nSPS) is 9.40. The molecule has 15 heavy (non-hydrogen) atoms. The van der Waals surface area contributed by atoms with Gasteiger partial charge in [0.05, 0.1) is 12.8 Å². The van der Waals surface area contributed by atoms with E-state index in [1.807, 2.05) is 0 Å². The van der Waals surface area contributed by atoms with E-state index in [4.69, 9.17) is 20.4 Å².